The van der Waals surface area contributed by atoms with Crippen molar-refractivity contribution in [3.63, 3.8) is 0 Å². The van der Waals surface area contributed by atoms with E-state index in [0.29, 0.717) is 17.0 Å². The Labute approximate surface area is 148 Å². The molecule has 2 aromatic heterocycles. The summed E-state index contributed by atoms with van der Waals surface area (Å²) in [6.07, 6.45) is 3.71. The molecule has 1 aromatic carbocycles. The summed E-state index contributed by atoms with van der Waals surface area (Å²) in [6.45, 7) is 1.85. The molecule has 25 heavy (non-hydrogen) atoms. The lowest BCUT2D eigenvalue weighted by Gasteiger charge is -2.19. The second kappa shape index (κ2) is 6.25. The molecule has 1 amide bonds. The van der Waals surface area contributed by atoms with E-state index in [9.17, 15) is 9.59 Å². The molecule has 0 unspecified atom stereocenters. The summed E-state index contributed by atoms with van der Waals surface area (Å²) in [4.78, 5) is 28.6. The molecule has 0 saturated heterocycles. The van der Waals surface area contributed by atoms with Crippen molar-refractivity contribution in [1.29, 1.82) is 0 Å². The first-order valence-electron chi connectivity index (χ1n) is 7.81. The number of carbonyl (C=O) groups is 2. The van der Waals surface area contributed by atoms with E-state index in [0.717, 1.165) is 10.7 Å². The molecule has 0 bridgehead atoms. The number of aromatic nitrogens is 2. The molecule has 0 fully saturated rings. The molecule has 4 rings (SSSR count). The molecule has 1 N–H and O–H groups in total. The molecule has 3 aromatic rings. The van der Waals surface area contributed by atoms with Crippen LogP contribution in [0.2, 0.25) is 0 Å². The van der Waals surface area contributed by atoms with Gasteiger partial charge in [0.1, 0.15) is 5.75 Å². The minimum atomic E-state index is -0.316. The first-order chi connectivity index (χ1) is 12.1. The van der Waals surface area contributed by atoms with Crippen molar-refractivity contribution in [3.8, 4) is 5.75 Å². The molecule has 0 saturated carbocycles. The number of imidazole rings is 1. The van der Waals surface area contributed by atoms with Crippen molar-refractivity contribution in [1.82, 2.24) is 9.38 Å². The van der Waals surface area contributed by atoms with Crippen LogP contribution in [0, 0.1) is 0 Å². The Balaban J connectivity index is 1.56. The molecule has 0 aliphatic carbocycles. The summed E-state index contributed by atoms with van der Waals surface area (Å²) in [5.74, 6) is 0.333. The first-order valence-corrected chi connectivity index (χ1v) is 8.69. The van der Waals surface area contributed by atoms with Gasteiger partial charge in [0.2, 0.25) is 0 Å². The predicted molar refractivity (Wildman–Crippen MR) is 95.4 cm³/mol. The molecule has 6 nitrogen and oxygen atoms in total. The van der Waals surface area contributed by atoms with Gasteiger partial charge in [-0.2, -0.15) is 0 Å². The second-order valence-corrected chi connectivity index (χ2v) is 7.02. The van der Waals surface area contributed by atoms with Crippen molar-refractivity contribution < 1.29 is 14.3 Å². The third kappa shape index (κ3) is 2.98. The number of fused-ring (bicyclic) bond motifs is 2. The fourth-order valence-electron chi connectivity index (χ4n) is 2.69. The predicted octanol–water partition coefficient (Wildman–Crippen LogP) is 3.03. The number of anilines is 1. The van der Waals surface area contributed by atoms with E-state index in [-0.39, 0.29) is 23.5 Å². The molecule has 126 valence electrons. The summed E-state index contributed by atoms with van der Waals surface area (Å²) < 4.78 is 7.28. The number of rotatable bonds is 4. The number of Topliss-reactive ketones (excluding diaryl/α,β-unsaturated/α-hetero) is 1. The van der Waals surface area contributed by atoms with Gasteiger partial charge in [-0.25, -0.2) is 4.98 Å². The van der Waals surface area contributed by atoms with E-state index < -0.39 is 0 Å². The van der Waals surface area contributed by atoms with Gasteiger partial charge in [0.25, 0.3) is 5.91 Å². The van der Waals surface area contributed by atoms with Crippen molar-refractivity contribution >= 4 is 34.7 Å². The molecule has 7 heteroatoms. The third-order valence-electron chi connectivity index (χ3n) is 3.95. The van der Waals surface area contributed by atoms with Crippen LogP contribution in [0.4, 0.5) is 5.69 Å². The monoisotopic (exact) mass is 353 g/mol. The van der Waals surface area contributed by atoms with Gasteiger partial charge in [-0.1, -0.05) is 17.8 Å². The molecule has 0 radical (unpaired) electrons. The average molecular weight is 353 g/mol. The van der Waals surface area contributed by atoms with Gasteiger partial charge in [-0.05, 0) is 37.3 Å². The highest BCUT2D eigenvalue weighted by atomic mass is 32.2. The molecular formula is C18H15N3O3S. The maximum atomic E-state index is 12.8. The molecule has 3 heterocycles. The maximum absolute atomic E-state index is 12.8. The van der Waals surface area contributed by atoms with Crippen LogP contribution in [-0.4, -0.2) is 32.9 Å². The molecule has 1 atom stereocenters. The standard InChI is InChI=1S/C18H15N3O3S/c1-11(25-18-19-9-13-4-2-3-7-21(13)18)17(23)12-5-6-15-14(8-12)20-16(22)10-24-15/h2-9,11H,10H2,1H3,(H,20,22)/t11-/m1/s1. The van der Waals surface area contributed by atoms with Crippen LogP contribution < -0.4 is 10.1 Å². The summed E-state index contributed by atoms with van der Waals surface area (Å²) >= 11 is 1.40. The van der Waals surface area contributed by atoms with Gasteiger partial charge in [0, 0.05) is 11.8 Å². The normalized spacial score (nSPS) is 14.5. The quantitative estimate of drug-likeness (QED) is 0.576. The Morgan fingerprint density at radius 3 is 3.12 bits per heavy atom. The number of benzene rings is 1. The zero-order chi connectivity index (χ0) is 17.4. The number of ether oxygens (including phenoxy) is 1. The summed E-state index contributed by atoms with van der Waals surface area (Å²) in [5.41, 5.74) is 2.05. The Morgan fingerprint density at radius 1 is 1.36 bits per heavy atom. The maximum Gasteiger partial charge on any atom is 0.262 e. The van der Waals surface area contributed by atoms with E-state index >= 15 is 0 Å². The van der Waals surface area contributed by atoms with E-state index in [1.54, 1.807) is 24.4 Å². The van der Waals surface area contributed by atoms with Crippen LogP contribution >= 0.6 is 11.8 Å². The lowest BCUT2D eigenvalue weighted by molar-refractivity contribution is -0.118. The van der Waals surface area contributed by atoms with Crippen molar-refractivity contribution in [2.75, 3.05) is 11.9 Å². The lowest BCUT2D eigenvalue weighted by Crippen LogP contribution is -2.25. The molecule has 1 aliphatic rings. The molecule has 1 aliphatic heterocycles. The van der Waals surface area contributed by atoms with Gasteiger partial charge in [-0.3, -0.25) is 14.0 Å². The van der Waals surface area contributed by atoms with Crippen LogP contribution in [-0.2, 0) is 4.79 Å². The number of hydrogen-bond acceptors (Lipinski definition) is 5. The Hall–Kier alpha value is -2.80. The summed E-state index contributed by atoms with van der Waals surface area (Å²) in [6, 6.07) is 10.9. The van der Waals surface area contributed by atoms with Crippen molar-refractivity contribution in [2.24, 2.45) is 0 Å². The van der Waals surface area contributed by atoms with E-state index in [2.05, 4.69) is 10.3 Å². The van der Waals surface area contributed by atoms with Crippen molar-refractivity contribution in [3.05, 3.63) is 54.4 Å². The van der Waals surface area contributed by atoms with Crippen LogP contribution in [0.3, 0.4) is 0 Å². The van der Waals surface area contributed by atoms with Crippen molar-refractivity contribution in [2.45, 2.75) is 17.3 Å². The topological polar surface area (TPSA) is 72.7 Å². The molecular weight excluding hydrogens is 338 g/mol. The third-order valence-corrected chi connectivity index (χ3v) is 5.03. The highest BCUT2D eigenvalue weighted by Crippen LogP contribution is 2.31. The van der Waals surface area contributed by atoms with Crippen LogP contribution in [0.5, 0.6) is 5.75 Å². The van der Waals surface area contributed by atoms with Gasteiger partial charge >= 0.3 is 0 Å². The number of nitrogens with zero attached hydrogens (tertiary/aromatic N) is 2. The highest BCUT2D eigenvalue weighted by Gasteiger charge is 2.22. The first kappa shape index (κ1) is 15.7. The number of pyridine rings is 1. The number of amides is 1. The minimum absolute atomic E-state index is 0.000492. The minimum Gasteiger partial charge on any atom is -0.482 e. The highest BCUT2D eigenvalue weighted by molar-refractivity contribution is 8.00. The van der Waals surface area contributed by atoms with E-state index in [4.69, 9.17) is 4.74 Å². The van der Waals surface area contributed by atoms with E-state index in [1.165, 1.54) is 11.8 Å². The Kier molecular flexibility index (Phi) is 3.93. The lowest BCUT2D eigenvalue weighted by atomic mass is 10.1. The fourth-order valence-corrected chi connectivity index (χ4v) is 3.64. The van der Waals surface area contributed by atoms with Crippen LogP contribution in [0.1, 0.15) is 17.3 Å². The van der Waals surface area contributed by atoms with Gasteiger partial charge in [0.05, 0.1) is 22.7 Å². The zero-order valence-corrected chi connectivity index (χ0v) is 14.2. The number of carbonyl (C=O) groups excluding carboxylic acids is 2. The van der Waals surface area contributed by atoms with Gasteiger partial charge in [0.15, 0.2) is 17.5 Å². The van der Waals surface area contributed by atoms with Gasteiger partial charge < -0.3 is 10.1 Å². The SMILES string of the molecule is C[C@@H](Sc1ncc2ccccn12)C(=O)c1ccc2c(c1)NC(=O)CO2. The number of ketones is 1. The Morgan fingerprint density at radius 2 is 2.24 bits per heavy atom. The van der Waals surface area contributed by atoms with E-state index in [1.807, 2.05) is 35.7 Å². The average Bonchev–Trinajstić information content (AvgIpc) is 3.03. The zero-order valence-electron chi connectivity index (χ0n) is 13.4. The Bertz CT molecular complexity index is 983. The second-order valence-electron chi connectivity index (χ2n) is 5.71. The largest absolute Gasteiger partial charge is 0.482 e. The molecule has 0 spiro atoms. The van der Waals surface area contributed by atoms with Crippen LogP contribution in [0.25, 0.3) is 5.52 Å². The van der Waals surface area contributed by atoms with Crippen LogP contribution in [0.15, 0.2) is 53.9 Å². The summed E-state index contributed by atoms with van der Waals surface area (Å²) in [7, 11) is 0. The smallest absolute Gasteiger partial charge is 0.262 e. The number of nitrogens with one attached hydrogen (secondary N) is 1. The summed E-state index contributed by atoms with van der Waals surface area (Å²) in [5, 5.41) is 3.18. The van der Waals surface area contributed by atoms with Gasteiger partial charge in [-0.15, -0.1) is 0 Å². The fraction of sp³-hybridized carbons (Fsp3) is 0.167. The number of thioether (sulfide) groups is 1. The number of hydrogen-bond donors (Lipinski definition) is 1.